The van der Waals surface area contributed by atoms with Crippen molar-refractivity contribution in [2.24, 2.45) is 11.8 Å². The SMILES string of the molecule is CCCNC(CN(C)CC1CC1)C1CCCC1. The fourth-order valence-corrected chi connectivity index (χ4v) is 3.22. The number of nitrogens with zero attached hydrogens (tertiary/aromatic N) is 1. The molecule has 0 radical (unpaired) electrons. The van der Waals surface area contributed by atoms with Gasteiger partial charge in [0.15, 0.2) is 0 Å². The smallest absolute Gasteiger partial charge is 0.0223 e. The highest BCUT2D eigenvalue weighted by Crippen LogP contribution is 2.31. The maximum absolute atomic E-state index is 3.79. The molecule has 0 aromatic carbocycles. The maximum Gasteiger partial charge on any atom is 0.0223 e. The van der Waals surface area contributed by atoms with Crippen LogP contribution in [-0.2, 0) is 0 Å². The van der Waals surface area contributed by atoms with E-state index in [2.05, 4.69) is 24.2 Å². The third-order valence-electron chi connectivity index (χ3n) is 4.40. The van der Waals surface area contributed by atoms with Crippen LogP contribution in [0.5, 0.6) is 0 Å². The van der Waals surface area contributed by atoms with Crippen LogP contribution in [0.2, 0.25) is 0 Å². The highest BCUT2D eigenvalue weighted by atomic mass is 15.1. The summed E-state index contributed by atoms with van der Waals surface area (Å²) < 4.78 is 0. The summed E-state index contributed by atoms with van der Waals surface area (Å²) in [6, 6.07) is 0.751. The van der Waals surface area contributed by atoms with E-state index in [4.69, 9.17) is 0 Å². The molecule has 0 amide bonds. The number of nitrogens with one attached hydrogen (secondary N) is 1. The van der Waals surface area contributed by atoms with E-state index in [-0.39, 0.29) is 0 Å². The molecule has 0 spiro atoms. The molecule has 0 aromatic heterocycles. The van der Waals surface area contributed by atoms with Gasteiger partial charge in [-0.25, -0.2) is 0 Å². The first-order valence-corrected chi connectivity index (χ1v) is 7.71. The Morgan fingerprint density at radius 2 is 1.88 bits per heavy atom. The molecule has 2 saturated carbocycles. The summed E-state index contributed by atoms with van der Waals surface area (Å²) in [6.45, 7) is 6.06. The Bertz CT molecular complexity index is 207. The summed E-state index contributed by atoms with van der Waals surface area (Å²) in [5.41, 5.74) is 0. The highest BCUT2D eigenvalue weighted by molar-refractivity contribution is 4.84. The number of hydrogen-bond acceptors (Lipinski definition) is 2. The van der Waals surface area contributed by atoms with Crippen molar-refractivity contribution in [2.45, 2.75) is 57.9 Å². The van der Waals surface area contributed by atoms with Crippen LogP contribution in [0.25, 0.3) is 0 Å². The number of likely N-dealkylation sites (N-methyl/N-ethyl adjacent to an activating group) is 1. The van der Waals surface area contributed by atoms with E-state index < -0.39 is 0 Å². The maximum atomic E-state index is 3.79. The Morgan fingerprint density at radius 1 is 1.18 bits per heavy atom. The summed E-state index contributed by atoms with van der Waals surface area (Å²) in [6.07, 6.45) is 10.0. The lowest BCUT2D eigenvalue weighted by Gasteiger charge is -2.29. The van der Waals surface area contributed by atoms with Gasteiger partial charge in [-0.15, -0.1) is 0 Å². The van der Waals surface area contributed by atoms with Gasteiger partial charge in [0.05, 0.1) is 0 Å². The molecule has 0 aliphatic heterocycles. The van der Waals surface area contributed by atoms with Crippen LogP contribution in [0, 0.1) is 11.8 Å². The second-order valence-corrected chi connectivity index (χ2v) is 6.27. The van der Waals surface area contributed by atoms with Crippen molar-refractivity contribution in [2.75, 3.05) is 26.7 Å². The summed E-state index contributed by atoms with van der Waals surface area (Å²) >= 11 is 0. The minimum absolute atomic E-state index is 0.751. The summed E-state index contributed by atoms with van der Waals surface area (Å²) in [5, 5.41) is 3.79. The van der Waals surface area contributed by atoms with E-state index in [9.17, 15) is 0 Å². The predicted molar refractivity (Wildman–Crippen MR) is 74.3 cm³/mol. The molecule has 0 saturated heterocycles. The molecule has 2 nitrogen and oxygen atoms in total. The number of hydrogen-bond donors (Lipinski definition) is 1. The average molecular weight is 238 g/mol. The van der Waals surface area contributed by atoms with Crippen molar-refractivity contribution in [1.82, 2.24) is 10.2 Å². The lowest BCUT2D eigenvalue weighted by Crippen LogP contribution is -2.44. The van der Waals surface area contributed by atoms with Gasteiger partial charge in [-0.3, -0.25) is 0 Å². The topological polar surface area (TPSA) is 15.3 Å². The van der Waals surface area contributed by atoms with E-state index >= 15 is 0 Å². The predicted octanol–water partition coefficient (Wildman–Crippen LogP) is 2.89. The Morgan fingerprint density at radius 3 is 2.47 bits per heavy atom. The molecule has 2 heteroatoms. The zero-order chi connectivity index (χ0) is 12.1. The molecule has 2 aliphatic carbocycles. The Hall–Kier alpha value is -0.0800. The molecule has 1 N–H and O–H groups in total. The zero-order valence-corrected chi connectivity index (χ0v) is 11.8. The zero-order valence-electron chi connectivity index (χ0n) is 11.8. The molecule has 0 bridgehead atoms. The fraction of sp³-hybridized carbons (Fsp3) is 1.00. The van der Waals surface area contributed by atoms with E-state index in [0.29, 0.717) is 0 Å². The minimum Gasteiger partial charge on any atom is -0.312 e. The second kappa shape index (κ2) is 6.75. The van der Waals surface area contributed by atoms with E-state index in [0.717, 1.165) is 17.9 Å². The van der Waals surface area contributed by atoms with Gasteiger partial charge in [0.1, 0.15) is 0 Å². The molecular weight excluding hydrogens is 208 g/mol. The van der Waals surface area contributed by atoms with E-state index in [1.54, 1.807) is 0 Å². The van der Waals surface area contributed by atoms with Gasteiger partial charge in [0.2, 0.25) is 0 Å². The van der Waals surface area contributed by atoms with Gasteiger partial charge in [-0.2, -0.15) is 0 Å². The van der Waals surface area contributed by atoms with Crippen molar-refractivity contribution in [3.8, 4) is 0 Å². The van der Waals surface area contributed by atoms with Crippen LogP contribution >= 0.6 is 0 Å². The summed E-state index contributed by atoms with van der Waals surface area (Å²) in [7, 11) is 2.31. The van der Waals surface area contributed by atoms with E-state index in [1.807, 2.05) is 0 Å². The first kappa shape index (κ1) is 13.4. The first-order chi connectivity index (χ1) is 8.29. The standard InChI is InChI=1S/C15H30N2/c1-3-10-16-15(14-6-4-5-7-14)12-17(2)11-13-8-9-13/h13-16H,3-12H2,1-2H3. The van der Waals surface area contributed by atoms with Gasteiger partial charge in [-0.1, -0.05) is 19.8 Å². The van der Waals surface area contributed by atoms with Crippen molar-refractivity contribution in [1.29, 1.82) is 0 Å². The van der Waals surface area contributed by atoms with Gasteiger partial charge < -0.3 is 10.2 Å². The lowest BCUT2D eigenvalue weighted by molar-refractivity contribution is 0.234. The fourth-order valence-electron chi connectivity index (χ4n) is 3.22. The summed E-state index contributed by atoms with van der Waals surface area (Å²) in [5.74, 6) is 1.97. The van der Waals surface area contributed by atoms with Crippen molar-refractivity contribution in [3.05, 3.63) is 0 Å². The quantitative estimate of drug-likeness (QED) is 0.699. The van der Waals surface area contributed by atoms with Crippen LogP contribution in [-0.4, -0.2) is 37.6 Å². The van der Waals surface area contributed by atoms with Crippen molar-refractivity contribution >= 4 is 0 Å². The van der Waals surface area contributed by atoms with Gasteiger partial charge in [0.25, 0.3) is 0 Å². The van der Waals surface area contributed by atoms with Gasteiger partial charge in [-0.05, 0) is 57.5 Å². The van der Waals surface area contributed by atoms with Crippen molar-refractivity contribution < 1.29 is 0 Å². The first-order valence-electron chi connectivity index (χ1n) is 7.71. The van der Waals surface area contributed by atoms with Crippen LogP contribution in [0.3, 0.4) is 0 Å². The van der Waals surface area contributed by atoms with Crippen LogP contribution in [0.1, 0.15) is 51.9 Å². The summed E-state index contributed by atoms with van der Waals surface area (Å²) in [4.78, 5) is 2.57. The number of rotatable bonds is 8. The lowest BCUT2D eigenvalue weighted by atomic mass is 9.97. The van der Waals surface area contributed by atoms with Crippen LogP contribution in [0.15, 0.2) is 0 Å². The Balaban J connectivity index is 1.75. The molecule has 1 unspecified atom stereocenters. The average Bonchev–Trinajstić information content (AvgIpc) is 2.96. The molecule has 0 heterocycles. The largest absolute Gasteiger partial charge is 0.312 e. The Labute approximate surface area is 107 Å². The molecule has 2 aliphatic rings. The van der Waals surface area contributed by atoms with Crippen molar-refractivity contribution in [3.63, 3.8) is 0 Å². The molecule has 2 rings (SSSR count). The van der Waals surface area contributed by atoms with Crippen LogP contribution in [0.4, 0.5) is 0 Å². The molecule has 1 atom stereocenters. The highest BCUT2D eigenvalue weighted by Gasteiger charge is 2.28. The van der Waals surface area contributed by atoms with Gasteiger partial charge in [0, 0.05) is 19.1 Å². The normalized spacial score (nSPS) is 23.5. The Kier molecular flexibility index (Phi) is 5.30. The molecule has 17 heavy (non-hydrogen) atoms. The molecule has 0 aromatic rings. The van der Waals surface area contributed by atoms with Crippen LogP contribution < -0.4 is 5.32 Å². The third-order valence-corrected chi connectivity index (χ3v) is 4.40. The minimum atomic E-state index is 0.751. The monoisotopic (exact) mass is 238 g/mol. The molecule has 100 valence electrons. The van der Waals surface area contributed by atoms with Gasteiger partial charge >= 0.3 is 0 Å². The molecular formula is C15H30N2. The van der Waals surface area contributed by atoms with E-state index in [1.165, 1.54) is 64.6 Å². The third kappa shape index (κ3) is 4.59. The molecule has 2 fully saturated rings. The second-order valence-electron chi connectivity index (χ2n) is 6.27.